The number of nitroso groups, excluding NO2 is 1. The van der Waals surface area contributed by atoms with Crippen LogP contribution < -0.4 is 5.32 Å². The summed E-state index contributed by atoms with van der Waals surface area (Å²) in [4.78, 5) is 15.2. The van der Waals surface area contributed by atoms with Crippen LogP contribution >= 0.6 is 0 Å². The lowest BCUT2D eigenvalue weighted by Gasteiger charge is -2.10. The highest BCUT2D eigenvalue weighted by atomic mass is 16.3. The van der Waals surface area contributed by atoms with Crippen molar-refractivity contribution in [1.29, 1.82) is 0 Å². The summed E-state index contributed by atoms with van der Waals surface area (Å²) in [6, 6.07) is 16.1. The molecule has 0 fully saturated rings. The molecule has 2 heterocycles. The first-order valence-electron chi connectivity index (χ1n) is 9.39. The Morgan fingerprint density at radius 3 is 2.82 bits per heavy atom. The van der Waals surface area contributed by atoms with Crippen LogP contribution in [0.2, 0.25) is 0 Å². The van der Waals surface area contributed by atoms with E-state index in [1.807, 2.05) is 18.2 Å². The molecule has 1 atom stereocenters. The lowest BCUT2D eigenvalue weighted by atomic mass is 10.1. The highest BCUT2D eigenvalue weighted by Gasteiger charge is 2.24. The molecule has 4 aromatic rings. The van der Waals surface area contributed by atoms with Gasteiger partial charge in [0.15, 0.2) is 11.3 Å². The molecule has 2 aromatic carbocycles. The number of anilines is 2. The second-order valence-corrected chi connectivity index (χ2v) is 7.24. The van der Waals surface area contributed by atoms with Gasteiger partial charge in [-0.2, -0.15) is 4.91 Å². The van der Waals surface area contributed by atoms with Crippen molar-refractivity contribution in [3.63, 3.8) is 0 Å². The first kappa shape index (κ1) is 16.7. The summed E-state index contributed by atoms with van der Waals surface area (Å²) in [7, 11) is 0. The van der Waals surface area contributed by atoms with Crippen LogP contribution in [0.3, 0.4) is 0 Å². The maximum absolute atomic E-state index is 11.0. The van der Waals surface area contributed by atoms with Crippen molar-refractivity contribution < 1.29 is 4.42 Å². The first-order chi connectivity index (χ1) is 13.7. The Morgan fingerprint density at radius 1 is 1.14 bits per heavy atom. The van der Waals surface area contributed by atoms with Crippen LogP contribution in [0, 0.1) is 11.8 Å². The van der Waals surface area contributed by atoms with Gasteiger partial charge in [0.1, 0.15) is 6.04 Å². The standard InChI is InChI=1S/C23H19N3O2/c1-14-2-4-15(5-3-14)23-22(19-10-11-24-13-21(19)28-23)25-17-7-8-18-16(12-17)6-9-20(18)26-27/h2-5,7-8,10-13,20,25H,6,9H2,1H3. The fraction of sp³-hybridized carbons (Fsp3) is 0.174. The predicted octanol–water partition coefficient (Wildman–Crippen LogP) is 6.30. The second kappa shape index (κ2) is 6.60. The maximum Gasteiger partial charge on any atom is 0.158 e. The van der Waals surface area contributed by atoms with Crippen LogP contribution in [-0.2, 0) is 6.42 Å². The van der Waals surface area contributed by atoms with Gasteiger partial charge in [-0.25, -0.2) is 0 Å². The summed E-state index contributed by atoms with van der Waals surface area (Å²) in [5.41, 5.74) is 7.07. The minimum absolute atomic E-state index is 0.215. The van der Waals surface area contributed by atoms with Crippen LogP contribution in [0.5, 0.6) is 0 Å². The zero-order valence-electron chi connectivity index (χ0n) is 15.5. The van der Waals surface area contributed by atoms with E-state index in [0.717, 1.165) is 52.1 Å². The van der Waals surface area contributed by atoms with E-state index in [2.05, 4.69) is 52.7 Å². The van der Waals surface area contributed by atoms with Gasteiger partial charge in [0.2, 0.25) is 0 Å². The van der Waals surface area contributed by atoms with Crippen LogP contribution in [0.4, 0.5) is 11.4 Å². The van der Waals surface area contributed by atoms with Crippen molar-refractivity contribution in [2.75, 3.05) is 5.32 Å². The average molecular weight is 369 g/mol. The molecule has 5 heteroatoms. The van der Waals surface area contributed by atoms with E-state index in [9.17, 15) is 4.91 Å². The van der Waals surface area contributed by atoms with Gasteiger partial charge in [-0.1, -0.05) is 41.1 Å². The number of furan rings is 1. The van der Waals surface area contributed by atoms with Crippen molar-refractivity contribution in [1.82, 2.24) is 4.98 Å². The Hall–Kier alpha value is -3.47. The van der Waals surface area contributed by atoms with Gasteiger partial charge in [0.05, 0.1) is 11.9 Å². The zero-order chi connectivity index (χ0) is 19.1. The SMILES string of the molecule is Cc1ccc(-c2oc3cnccc3c2Nc2ccc3c(c2)CCC3N=O)cc1. The minimum Gasteiger partial charge on any atom is -0.452 e. The highest BCUT2D eigenvalue weighted by molar-refractivity contribution is 6.00. The summed E-state index contributed by atoms with van der Waals surface area (Å²) >= 11 is 0. The highest BCUT2D eigenvalue weighted by Crippen LogP contribution is 2.41. The molecule has 138 valence electrons. The molecule has 0 radical (unpaired) electrons. The molecule has 0 spiro atoms. The van der Waals surface area contributed by atoms with E-state index in [4.69, 9.17) is 4.42 Å². The molecule has 5 nitrogen and oxygen atoms in total. The van der Waals surface area contributed by atoms with Gasteiger partial charge in [0, 0.05) is 22.8 Å². The quantitative estimate of drug-likeness (QED) is 0.429. The van der Waals surface area contributed by atoms with E-state index in [1.165, 1.54) is 11.1 Å². The Labute approximate surface area is 162 Å². The minimum atomic E-state index is -0.215. The number of hydrogen-bond donors (Lipinski definition) is 1. The van der Waals surface area contributed by atoms with E-state index in [1.54, 1.807) is 12.4 Å². The number of pyridine rings is 1. The molecule has 1 aliphatic carbocycles. The molecule has 5 rings (SSSR count). The molecular weight excluding hydrogens is 350 g/mol. The smallest absolute Gasteiger partial charge is 0.158 e. The number of hydrogen-bond acceptors (Lipinski definition) is 5. The molecule has 1 N–H and O–H groups in total. The van der Waals surface area contributed by atoms with Crippen molar-refractivity contribution >= 4 is 22.3 Å². The summed E-state index contributed by atoms with van der Waals surface area (Å²) in [6.07, 6.45) is 5.17. The monoisotopic (exact) mass is 369 g/mol. The predicted molar refractivity (Wildman–Crippen MR) is 111 cm³/mol. The average Bonchev–Trinajstić information content (AvgIpc) is 3.30. The third-order valence-electron chi connectivity index (χ3n) is 5.39. The topological polar surface area (TPSA) is 67.5 Å². The molecule has 28 heavy (non-hydrogen) atoms. The summed E-state index contributed by atoms with van der Waals surface area (Å²) in [5.74, 6) is 0.788. The van der Waals surface area contributed by atoms with E-state index < -0.39 is 0 Å². The first-order valence-corrected chi connectivity index (χ1v) is 9.39. The number of nitrogens with one attached hydrogen (secondary N) is 1. The number of benzene rings is 2. The van der Waals surface area contributed by atoms with Crippen molar-refractivity contribution in [2.24, 2.45) is 5.18 Å². The zero-order valence-corrected chi connectivity index (χ0v) is 15.5. The fourth-order valence-corrected chi connectivity index (χ4v) is 3.91. The molecule has 1 aliphatic rings. The lowest BCUT2D eigenvalue weighted by molar-refractivity contribution is 0.631. The molecule has 0 saturated heterocycles. The lowest BCUT2D eigenvalue weighted by Crippen LogP contribution is -1.94. The Balaban J connectivity index is 1.60. The summed E-state index contributed by atoms with van der Waals surface area (Å²) < 4.78 is 6.14. The van der Waals surface area contributed by atoms with Gasteiger partial charge in [-0.3, -0.25) is 4.98 Å². The Bertz CT molecular complexity index is 1180. The number of nitrogens with zero attached hydrogens (tertiary/aromatic N) is 2. The molecule has 2 aromatic heterocycles. The molecule has 0 saturated carbocycles. The third kappa shape index (κ3) is 2.76. The van der Waals surface area contributed by atoms with E-state index >= 15 is 0 Å². The van der Waals surface area contributed by atoms with Crippen molar-refractivity contribution in [3.05, 3.63) is 82.5 Å². The van der Waals surface area contributed by atoms with Crippen LogP contribution in [0.1, 0.15) is 29.2 Å². The number of fused-ring (bicyclic) bond motifs is 2. The van der Waals surface area contributed by atoms with Crippen LogP contribution in [-0.4, -0.2) is 4.98 Å². The van der Waals surface area contributed by atoms with Crippen LogP contribution in [0.15, 0.2) is 70.5 Å². The van der Waals surface area contributed by atoms with Crippen molar-refractivity contribution in [3.8, 4) is 11.3 Å². The fourth-order valence-electron chi connectivity index (χ4n) is 3.91. The van der Waals surface area contributed by atoms with Gasteiger partial charge in [-0.15, -0.1) is 0 Å². The Morgan fingerprint density at radius 2 is 2.00 bits per heavy atom. The van der Waals surface area contributed by atoms with Crippen molar-refractivity contribution in [2.45, 2.75) is 25.8 Å². The third-order valence-corrected chi connectivity index (χ3v) is 5.39. The van der Waals surface area contributed by atoms with Gasteiger partial charge in [0.25, 0.3) is 0 Å². The summed E-state index contributed by atoms with van der Waals surface area (Å²) in [6.45, 7) is 2.07. The molecule has 0 bridgehead atoms. The molecule has 0 amide bonds. The molecule has 0 aliphatic heterocycles. The van der Waals surface area contributed by atoms with Gasteiger partial charge < -0.3 is 9.73 Å². The van der Waals surface area contributed by atoms with E-state index in [0.29, 0.717) is 0 Å². The van der Waals surface area contributed by atoms with Crippen LogP contribution in [0.25, 0.3) is 22.3 Å². The largest absolute Gasteiger partial charge is 0.452 e. The normalized spacial score (nSPS) is 15.5. The second-order valence-electron chi connectivity index (χ2n) is 7.24. The Kier molecular flexibility index (Phi) is 3.93. The summed E-state index contributed by atoms with van der Waals surface area (Å²) in [5, 5.41) is 7.77. The van der Waals surface area contributed by atoms with E-state index in [-0.39, 0.29) is 6.04 Å². The van der Waals surface area contributed by atoms with Gasteiger partial charge >= 0.3 is 0 Å². The number of rotatable bonds is 4. The maximum atomic E-state index is 11.0. The molecular formula is C23H19N3O2. The molecule has 1 unspecified atom stereocenters. The number of aromatic nitrogens is 1. The number of aryl methyl sites for hydroxylation is 2. The van der Waals surface area contributed by atoms with Gasteiger partial charge in [-0.05, 0) is 49.1 Å².